The molecule has 0 bridgehead atoms. The lowest BCUT2D eigenvalue weighted by Gasteiger charge is -2.38. The van der Waals surface area contributed by atoms with E-state index in [1.165, 1.54) is 12.1 Å². The molecule has 4 aromatic rings. The Bertz CT molecular complexity index is 1440. The Morgan fingerprint density at radius 1 is 1.16 bits per heavy atom. The van der Waals surface area contributed by atoms with E-state index < -0.39 is 0 Å². The molecule has 1 aliphatic heterocycles. The second-order valence-corrected chi connectivity index (χ2v) is 9.78. The molecule has 0 unspecified atom stereocenters. The fourth-order valence-electron chi connectivity index (χ4n) is 4.51. The van der Waals surface area contributed by atoms with E-state index in [0.29, 0.717) is 36.3 Å². The number of benzene rings is 2. The third-order valence-electron chi connectivity index (χ3n) is 6.47. The summed E-state index contributed by atoms with van der Waals surface area (Å²) in [5.41, 5.74) is 2.69. The summed E-state index contributed by atoms with van der Waals surface area (Å²) in [6.07, 6.45) is 1.53. The molecular weight excluding hydrogens is 487 g/mol. The van der Waals surface area contributed by atoms with E-state index in [1.807, 2.05) is 55.7 Å². The molecule has 38 heavy (non-hydrogen) atoms. The first kappa shape index (κ1) is 25.6. The van der Waals surface area contributed by atoms with Crippen molar-refractivity contribution in [2.75, 3.05) is 39.1 Å². The van der Waals surface area contributed by atoms with Gasteiger partial charge in [-0.1, -0.05) is 0 Å². The van der Waals surface area contributed by atoms with Crippen LogP contribution in [0.2, 0.25) is 0 Å². The summed E-state index contributed by atoms with van der Waals surface area (Å²) in [5, 5.41) is 3.21. The van der Waals surface area contributed by atoms with Gasteiger partial charge in [0.2, 0.25) is 5.95 Å². The molecule has 2 atom stereocenters. The van der Waals surface area contributed by atoms with Crippen molar-refractivity contribution >= 4 is 28.6 Å². The van der Waals surface area contributed by atoms with Crippen LogP contribution in [-0.2, 0) is 11.8 Å². The molecule has 1 saturated heterocycles. The van der Waals surface area contributed by atoms with Gasteiger partial charge >= 0.3 is 0 Å². The summed E-state index contributed by atoms with van der Waals surface area (Å²) in [4.78, 5) is 26.2. The number of hydrogen-bond donors (Lipinski definition) is 1. The third-order valence-corrected chi connectivity index (χ3v) is 6.47. The molecule has 2 aromatic carbocycles. The number of halogens is 1. The molecule has 1 N–H and O–H groups in total. The van der Waals surface area contributed by atoms with Gasteiger partial charge in [0.15, 0.2) is 0 Å². The predicted molar refractivity (Wildman–Crippen MR) is 144 cm³/mol. The van der Waals surface area contributed by atoms with E-state index >= 15 is 0 Å². The second kappa shape index (κ2) is 10.8. The lowest BCUT2D eigenvalue weighted by molar-refractivity contribution is -0.0548. The van der Waals surface area contributed by atoms with Crippen molar-refractivity contribution in [1.82, 2.24) is 24.3 Å². The summed E-state index contributed by atoms with van der Waals surface area (Å²) in [6, 6.07) is 15.1. The number of rotatable bonds is 7. The van der Waals surface area contributed by atoms with Gasteiger partial charge in [0.1, 0.15) is 23.0 Å². The van der Waals surface area contributed by atoms with E-state index in [-0.39, 0.29) is 23.9 Å². The van der Waals surface area contributed by atoms with Gasteiger partial charge < -0.3 is 29.2 Å². The number of anilines is 2. The van der Waals surface area contributed by atoms with Crippen molar-refractivity contribution in [3.05, 3.63) is 72.3 Å². The van der Waals surface area contributed by atoms with Crippen molar-refractivity contribution in [3.63, 3.8) is 0 Å². The van der Waals surface area contributed by atoms with Crippen LogP contribution in [0.3, 0.4) is 0 Å². The fraction of sp³-hybridized carbons (Fsp3) is 0.321. The fourth-order valence-corrected chi connectivity index (χ4v) is 4.51. The number of imidazole rings is 1. The molecule has 1 fully saturated rings. The Labute approximate surface area is 220 Å². The van der Waals surface area contributed by atoms with E-state index in [0.717, 1.165) is 23.3 Å². The predicted octanol–water partition coefficient (Wildman–Crippen LogP) is 4.43. The van der Waals surface area contributed by atoms with Gasteiger partial charge in [-0.05, 0) is 63.5 Å². The van der Waals surface area contributed by atoms with Gasteiger partial charge in [-0.15, -0.1) is 0 Å². The largest absolute Gasteiger partial charge is 0.457 e. The average Bonchev–Trinajstić information content (AvgIpc) is 3.20. The molecule has 3 heterocycles. The van der Waals surface area contributed by atoms with Gasteiger partial charge in [-0.3, -0.25) is 9.78 Å². The third kappa shape index (κ3) is 5.61. The molecular formula is C28H31FN6O3. The molecule has 1 amide bonds. The number of fused-ring (bicyclic) bond motifs is 1. The summed E-state index contributed by atoms with van der Waals surface area (Å²) in [6.45, 7) is 3.72. The molecule has 0 saturated carbocycles. The molecule has 10 heteroatoms. The van der Waals surface area contributed by atoms with Crippen molar-refractivity contribution in [3.8, 4) is 11.5 Å². The molecule has 198 valence electrons. The average molecular weight is 519 g/mol. The number of morpholine rings is 1. The van der Waals surface area contributed by atoms with Gasteiger partial charge in [-0.25, -0.2) is 9.37 Å². The van der Waals surface area contributed by atoms with Crippen LogP contribution in [0.25, 0.3) is 11.0 Å². The van der Waals surface area contributed by atoms with Crippen LogP contribution in [0.4, 0.5) is 16.0 Å². The van der Waals surface area contributed by atoms with Crippen LogP contribution < -0.4 is 10.1 Å². The SMILES string of the molecule is C[C@H]1CO[C@@H](CN(C)C)CN1C(=O)c1cc(Oc2ccc3c(c2)nc(Nc2ccc(F)cc2)n3C)ccn1. The topological polar surface area (TPSA) is 84.8 Å². The van der Waals surface area contributed by atoms with Crippen LogP contribution >= 0.6 is 0 Å². The molecule has 2 aromatic heterocycles. The standard InChI is InChI=1S/C28H31FN6O3/c1-18-17-37-23(15-33(2)3)16-35(18)27(36)25-14-22(11-12-30-25)38-21-9-10-26-24(13-21)32-28(34(26)4)31-20-7-5-19(29)6-8-20/h5-14,18,23H,15-17H2,1-4H3,(H,31,32)/t18-,23-/m0/s1. The first-order valence-corrected chi connectivity index (χ1v) is 12.5. The zero-order chi connectivity index (χ0) is 26.8. The number of aromatic nitrogens is 3. The highest BCUT2D eigenvalue weighted by atomic mass is 19.1. The molecule has 5 rings (SSSR count). The zero-order valence-corrected chi connectivity index (χ0v) is 21.9. The molecule has 9 nitrogen and oxygen atoms in total. The van der Waals surface area contributed by atoms with Crippen LogP contribution in [0, 0.1) is 5.82 Å². The second-order valence-electron chi connectivity index (χ2n) is 9.78. The highest BCUT2D eigenvalue weighted by Crippen LogP contribution is 2.28. The van der Waals surface area contributed by atoms with Crippen LogP contribution in [-0.4, -0.2) is 76.2 Å². The minimum atomic E-state index is -0.295. The van der Waals surface area contributed by atoms with Crippen molar-refractivity contribution < 1.29 is 18.7 Å². The Balaban J connectivity index is 1.32. The lowest BCUT2D eigenvalue weighted by Crippen LogP contribution is -2.53. The van der Waals surface area contributed by atoms with Crippen molar-refractivity contribution in [1.29, 1.82) is 0 Å². The quantitative estimate of drug-likeness (QED) is 0.387. The number of ether oxygens (including phenoxy) is 2. The lowest BCUT2D eigenvalue weighted by atomic mass is 10.1. The molecule has 0 radical (unpaired) electrons. The first-order chi connectivity index (χ1) is 18.3. The monoisotopic (exact) mass is 518 g/mol. The summed E-state index contributed by atoms with van der Waals surface area (Å²) < 4.78 is 27.1. The Hall–Kier alpha value is -4.02. The number of hydrogen-bond acceptors (Lipinski definition) is 7. The van der Waals surface area contributed by atoms with Crippen LogP contribution in [0.5, 0.6) is 11.5 Å². The number of nitrogens with zero attached hydrogens (tertiary/aromatic N) is 5. The molecule has 1 aliphatic rings. The first-order valence-electron chi connectivity index (χ1n) is 12.5. The van der Waals surface area contributed by atoms with Crippen molar-refractivity contribution in [2.24, 2.45) is 7.05 Å². The highest BCUT2D eigenvalue weighted by Gasteiger charge is 2.31. The van der Waals surface area contributed by atoms with E-state index in [9.17, 15) is 9.18 Å². The number of pyridine rings is 1. The van der Waals surface area contributed by atoms with Gasteiger partial charge in [-0.2, -0.15) is 0 Å². The van der Waals surface area contributed by atoms with Crippen LogP contribution in [0.1, 0.15) is 17.4 Å². The van der Waals surface area contributed by atoms with E-state index in [1.54, 1.807) is 30.5 Å². The van der Waals surface area contributed by atoms with Gasteiger partial charge in [0.05, 0.1) is 29.8 Å². The molecule has 0 aliphatic carbocycles. The maximum Gasteiger partial charge on any atom is 0.272 e. The number of nitrogens with one attached hydrogen (secondary N) is 1. The summed E-state index contributed by atoms with van der Waals surface area (Å²) in [7, 11) is 5.88. The van der Waals surface area contributed by atoms with Crippen LogP contribution in [0.15, 0.2) is 60.8 Å². The Kier molecular flexibility index (Phi) is 7.26. The maximum atomic E-state index is 13.3. The van der Waals surface area contributed by atoms with E-state index in [4.69, 9.17) is 9.47 Å². The number of carbonyl (C=O) groups excluding carboxylic acids is 1. The number of aryl methyl sites for hydroxylation is 1. The van der Waals surface area contributed by atoms with Gasteiger partial charge in [0, 0.05) is 44.2 Å². The smallest absolute Gasteiger partial charge is 0.272 e. The summed E-state index contributed by atoms with van der Waals surface area (Å²) in [5.74, 6) is 1.27. The molecule has 0 spiro atoms. The maximum absolute atomic E-state index is 13.3. The van der Waals surface area contributed by atoms with E-state index in [2.05, 4.69) is 20.2 Å². The highest BCUT2D eigenvalue weighted by molar-refractivity contribution is 5.93. The normalized spacial score (nSPS) is 17.7. The minimum absolute atomic E-state index is 0.0443. The Morgan fingerprint density at radius 3 is 2.68 bits per heavy atom. The Morgan fingerprint density at radius 2 is 1.92 bits per heavy atom. The number of carbonyl (C=O) groups is 1. The van der Waals surface area contributed by atoms with Gasteiger partial charge in [0.25, 0.3) is 5.91 Å². The van der Waals surface area contributed by atoms with Crippen molar-refractivity contribution in [2.45, 2.75) is 19.1 Å². The summed E-state index contributed by atoms with van der Waals surface area (Å²) >= 11 is 0. The minimum Gasteiger partial charge on any atom is -0.457 e. The zero-order valence-electron chi connectivity index (χ0n) is 21.9. The number of likely N-dealkylation sites (N-methyl/N-ethyl adjacent to an activating group) is 1. The number of amides is 1.